The van der Waals surface area contributed by atoms with E-state index in [4.69, 9.17) is 9.52 Å². The maximum Gasteiger partial charge on any atom is 0.338 e. The number of fused-ring (bicyclic) bond motifs is 1. The van der Waals surface area contributed by atoms with Gasteiger partial charge in [-0.1, -0.05) is 0 Å². The molecule has 3 aromatic rings. The van der Waals surface area contributed by atoms with Crippen molar-refractivity contribution in [3.8, 4) is 0 Å². The zero-order valence-corrected chi connectivity index (χ0v) is 9.84. The molecule has 5 heteroatoms. The van der Waals surface area contributed by atoms with E-state index < -0.39 is 5.97 Å². The summed E-state index contributed by atoms with van der Waals surface area (Å²) in [6, 6.07) is 7.88. The molecule has 0 bridgehead atoms. The normalized spacial score (nSPS) is 11.0. The van der Waals surface area contributed by atoms with Crippen LogP contribution in [0.2, 0.25) is 0 Å². The van der Waals surface area contributed by atoms with Crippen molar-refractivity contribution in [1.82, 2.24) is 4.57 Å². The van der Waals surface area contributed by atoms with Crippen molar-refractivity contribution in [2.75, 3.05) is 0 Å². The summed E-state index contributed by atoms with van der Waals surface area (Å²) in [5, 5.41) is 9.74. The third-order valence-corrected chi connectivity index (χ3v) is 2.96. The van der Waals surface area contributed by atoms with E-state index in [1.807, 2.05) is 16.8 Å². The molecule has 4 nitrogen and oxygen atoms in total. The molecule has 3 rings (SSSR count). The SMILES string of the molecule is O=C(O)c1coc(Cn2ccc3ccc(F)cc32)c1. The third-order valence-electron chi connectivity index (χ3n) is 2.96. The molecule has 0 saturated heterocycles. The fourth-order valence-electron chi connectivity index (χ4n) is 2.04. The van der Waals surface area contributed by atoms with Crippen molar-refractivity contribution in [3.05, 3.63) is 59.9 Å². The molecule has 0 aliphatic carbocycles. The van der Waals surface area contributed by atoms with Gasteiger partial charge >= 0.3 is 5.97 Å². The number of furan rings is 1. The number of hydrogen-bond donors (Lipinski definition) is 1. The Morgan fingerprint density at radius 1 is 1.32 bits per heavy atom. The van der Waals surface area contributed by atoms with Gasteiger partial charge in [0.25, 0.3) is 0 Å². The first-order chi connectivity index (χ1) is 9.13. The number of carboxylic acid groups (broad SMARTS) is 1. The van der Waals surface area contributed by atoms with Gasteiger partial charge < -0.3 is 14.1 Å². The summed E-state index contributed by atoms with van der Waals surface area (Å²) >= 11 is 0. The van der Waals surface area contributed by atoms with E-state index in [9.17, 15) is 9.18 Å². The predicted octanol–water partition coefficient (Wildman–Crippen LogP) is 3.12. The molecule has 0 fully saturated rings. The van der Waals surface area contributed by atoms with Crippen LogP contribution >= 0.6 is 0 Å². The van der Waals surface area contributed by atoms with Gasteiger partial charge in [-0.2, -0.15) is 0 Å². The van der Waals surface area contributed by atoms with Crippen LogP contribution in [0.1, 0.15) is 16.1 Å². The Morgan fingerprint density at radius 2 is 2.16 bits per heavy atom. The van der Waals surface area contributed by atoms with Crippen molar-refractivity contribution >= 4 is 16.9 Å². The highest BCUT2D eigenvalue weighted by molar-refractivity contribution is 5.87. The van der Waals surface area contributed by atoms with Crippen LogP contribution in [0.15, 0.2) is 47.2 Å². The fraction of sp³-hybridized carbons (Fsp3) is 0.0714. The second kappa shape index (κ2) is 4.28. The van der Waals surface area contributed by atoms with Gasteiger partial charge in [-0.3, -0.25) is 0 Å². The molecule has 0 spiro atoms. The molecule has 0 atom stereocenters. The van der Waals surface area contributed by atoms with Crippen LogP contribution in [0, 0.1) is 5.82 Å². The van der Waals surface area contributed by atoms with Gasteiger partial charge in [-0.15, -0.1) is 0 Å². The molecule has 0 radical (unpaired) electrons. The summed E-state index contributed by atoms with van der Waals surface area (Å²) in [5.41, 5.74) is 0.853. The number of aromatic nitrogens is 1. The topological polar surface area (TPSA) is 55.4 Å². The summed E-state index contributed by atoms with van der Waals surface area (Å²) in [6.07, 6.45) is 3.01. The zero-order chi connectivity index (χ0) is 13.4. The Bertz CT molecular complexity index is 757. The molecular weight excluding hydrogens is 249 g/mol. The van der Waals surface area contributed by atoms with E-state index in [0.29, 0.717) is 12.3 Å². The largest absolute Gasteiger partial charge is 0.478 e. The van der Waals surface area contributed by atoms with Crippen molar-refractivity contribution in [1.29, 1.82) is 0 Å². The van der Waals surface area contributed by atoms with Crippen LogP contribution in [-0.4, -0.2) is 15.6 Å². The smallest absolute Gasteiger partial charge is 0.338 e. The van der Waals surface area contributed by atoms with E-state index in [1.165, 1.54) is 24.5 Å². The minimum atomic E-state index is -1.03. The highest BCUT2D eigenvalue weighted by atomic mass is 19.1. The minimum Gasteiger partial charge on any atom is -0.478 e. The Balaban J connectivity index is 1.96. The van der Waals surface area contributed by atoms with Gasteiger partial charge in [-0.25, -0.2) is 9.18 Å². The van der Waals surface area contributed by atoms with Crippen molar-refractivity contribution in [3.63, 3.8) is 0 Å². The Morgan fingerprint density at radius 3 is 2.89 bits per heavy atom. The average molecular weight is 259 g/mol. The minimum absolute atomic E-state index is 0.109. The Kier molecular flexibility index (Phi) is 2.59. The van der Waals surface area contributed by atoms with Crippen molar-refractivity contribution in [2.45, 2.75) is 6.54 Å². The second-order valence-corrected chi connectivity index (χ2v) is 4.25. The van der Waals surface area contributed by atoms with Gasteiger partial charge in [0.2, 0.25) is 0 Å². The predicted molar refractivity (Wildman–Crippen MR) is 66.7 cm³/mol. The zero-order valence-electron chi connectivity index (χ0n) is 9.84. The van der Waals surface area contributed by atoms with Crippen molar-refractivity contribution in [2.24, 2.45) is 0 Å². The molecule has 1 aromatic carbocycles. The fourth-order valence-corrected chi connectivity index (χ4v) is 2.04. The molecule has 96 valence electrons. The van der Waals surface area contributed by atoms with Crippen LogP contribution in [0.3, 0.4) is 0 Å². The van der Waals surface area contributed by atoms with Crippen LogP contribution in [0.5, 0.6) is 0 Å². The first-order valence-electron chi connectivity index (χ1n) is 5.68. The summed E-state index contributed by atoms with van der Waals surface area (Å²) in [4.78, 5) is 10.8. The van der Waals surface area contributed by atoms with Crippen LogP contribution in [0.4, 0.5) is 4.39 Å². The highest BCUT2D eigenvalue weighted by Gasteiger charge is 2.10. The second-order valence-electron chi connectivity index (χ2n) is 4.25. The molecule has 1 N–H and O–H groups in total. The number of hydrogen-bond acceptors (Lipinski definition) is 2. The van der Waals surface area contributed by atoms with Crippen LogP contribution in [-0.2, 0) is 6.54 Å². The van der Waals surface area contributed by atoms with Gasteiger partial charge in [0.15, 0.2) is 0 Å². The van der Waals surface area contributed by atoms with Gasteiger partial charge in [-0.05, 0) is 35.7 Å². The molecule has 0 aliphatic heterocycles. The average Bonchev–Trinajstić information content (AvgIpc) is 2.98. The molecule has 0 aliphatic rings. The maximum absolute atomic E-state index is 13.2. The lowest BCUT2D eigenvalue weighted by atomic mass is 10.2. The van der Waals surface area contributed by atoms with Crippen LogP contribution in [0.25, 0.3) is 10.9 Å². The van der Waals surface area contributed by atoms with Crippen LogP contribution < -0.4 is 0 Å². The Hall–Kier alpha value is -2.56. The number of carboxylic acids is 1. The van der Waals surface area contributed by atoms with E-state index in [-0.39, 0.29) is 11.4 Å². The molecule has 19 heavy (non-hydrogen) atoms. The molecule has 2 aromatic heterocycles. The quantitative estimate of drug-likeness (QED) is 0.786. The standard InChI is InChI=1S/C14H10FNO3/c15-11-2-1-9-3-4-16(13(9)6-11)7-12-5-10(8-19-12)14(17)18/h1-6,8H,7H2,(H,17,18). The number of benzene rings is 1. The highest BCUT2D eigenvalue weighted by Crippen LogP contribution is 2.19. The summed E-state index contributed by atoms with van der Waals surface area (Å²) in [7, 11) is 0. The number of nitrogens with zero attached hydrogens (tertiary/aromatic N) is 1. The molecular formula is C14H10FNO3. The molecule has 2 heterocycles. The van der Waals surface area contributed by atoms with Gasteiger partial charge in [0.1, 0.15) is 17.8 Å². The van der Waals surface area contributed by atoms with Gasteiger partial charge in [0, 0.05) is 6.20 Å². The summed E-state index contributed by atoms with van der Waals surface area (Å²) < 4.78 is 20.2. The van der Waals surface area contributed by atoms with E-state index in [0.717, 1.165) is 10.9 Å². The summed E-state index contributed by atoms with van der Waals surface area (Å²) in [6.45, 7) is 0.361. The third kappa shape index (κ3) is 2.10. The first-order valence-corrected chi connectivity index (χ1v) is 5.68. The van der Waals surface area contributed by atoms with Gasteiger partial charge in [0.05, 0.1) is 17.6 Å². The lowest BCUT2D eigenvalue weighted by Crippen LogP contribution is -1.97. The van der Waals surface area contributed by atoms with E-state index >= 15 is 0 Å². The molecule has 0 saturated carbocycles. The number of carbonyl (C=O) groups is 1. The molecule has 0 amide bonds. The lowest BCUT2D eigenvalue weighted by molar-refractivity contribution is 0.0696. The number of rotatable bonds is 3. The monoisotopic (exact) mass is 259 g/mol. The van der Waals surface area contributed by atoms with E-state index in [2.05, 4.69) is 0 Å². The first kappa shape index (κ1) is 11.5. The van der Waals surface area contributed by atoms with E-state index in [1.54, 1.807) is 6.07 Å². The summed E-state index contributed by atoms with van der Waals surface area (Å²) in [5.74, 6) is -0.823. The Labute approximate surface area is 107 Å². The lowest BCUT2D eigenvalue weighted by Gasteiger charge is -2.02. The number of halogens is 1. The maximum atomic E-state index is 13.2. The van der Waals surface area contributed by atoms with Crippen molar-refractivity contribution < 1.29 is 18.7 Å². The molecule has 0 unspecified atom stereocenters. The number of aromatic carboxylic acids is 1.